The Bertz CT molecular complexity index is 834. The highest BCUT2D eigenvalue weighted by Crippen LogP contribution is 2.27. The summed E-state index contributed by atoms with van der Waals surface area (Å²) in [5.41, 5.74) is 1.90. The minimum atomic E-state index is -0.00655. The van der Waals surface area contributed by atoms with Gasteiger partial charge in [-0.25, -0.2) is 9.59 Å². The average Bonchev–Trinajstić information content (AvgIpc) is 3.26. The molecule has 3 heterocycles. The molecule has 0 radical (unpaired) electrons. The normalized spacial score (nSPS) is 22.2. The van der Waals surface area contributed by atoms with Gasteiger partial charge in [0, 0.05) is 44.8 Å². The average molecular weight is 357 g/mol. The Labute approximate surface area is 153 Å². The zero-order valence-corrected chi connectivity index (χ0v) is 15.3. The summed E-state index contributed by atoms with van der Waals surface area (Å²) in [7, 11) is 0. The third-order valence-electron chi connectivity index (χ3n) is 5.78. The first-order valence-corrected chi connectivity index (χ1v) is 9.63. The van der Waals surface area contributed by atoms with Crippen LogP contribution in [0, 0.1) is 0 Å². The van der Waals surface area contributed by atoms with Gasteiger partial charge in [0.25, 0.3) is 0 Å². The second-order valence-corrected chi connectivity index (χ2v) is 7.31. The van der Waals surface area contributed by atoms with Crippen LogP contribution in [0.5, 0.6) is 0 Å². The van der Waals surface area contributed by atoms with Gasteiger partial charge in [-0.2, -0.15) is 0 Å². The van der Waals surface area contributed by atoms with Crippen LogP contribution in [0.4, 0.5) is 4.79 Å². The first-order valence-electron chi connectivity index (χ1n) is 9.63. The lowest BCUT2D eigenvalue weighted by Crippen LogP contribution is -2.45. The molecule has 1 aromatic carbocycles. The van der Waals surface area contributed by atoms with E-state index >= 15 is 0 Å². The van der Waals surface area contributed by atoms with Crippen LogP contribution in [0.1, 0.15) is 32.2 Å². The second kappa shape index (κ2) is 7.15. The van der Waals surface area contributed by atoms with E-state index in [1.807, 2.05) is 40.7 Å². The van der Waals surface area contributed by atoms with Crippen molar-refractivity contribution in [1.29, 1.82) is 0 Å². The van der Waals surface area contributed by atoms with E-state index < -0.39 is 0 Å². The van der Waals surface area contributed by atoms with Gasteiger partial charge in [0.15, 0.2) is 0 Å². The molecular weight excluding hydrogens is 330 g/mol. The van der Waals surface area contributed by atoms with Crippen molar-refractivity contribution in [1.82, 2.24) is 24.7 Å². The fourth-order valence-corrected chi connectivity index (χ4v) is 4.43. The van der Waals surface area contributed by atoms with Crippen molar-refractivity contribution in [2.45, 2.75) is 38.3 Å². The van der Waals surface area contributed by atoms with Crippen LogP contribution in [-0.2, 0) is 0 Å². The molecule has 2 aromatic rings. The number of H-pyrrole nitrogens is 1. The number of aromatic amines is 1. The zero-order chi connectivity index (χ0) is 18.1. The fourth-order valence-electron chi connectivity index (χ4n) is 4.43. The van der Waals surface area contributed by atoms with E-state index in [1.54, 1.807) is 0 Å². The van der Waals surface area contributed by atoms with Gasteiger partial charge in [-0.1, -0.05) is 12.1 Å². The van der Waals surface area contributed by atoms with Crippen LogP contribution >= 0.6 is 0 Å². The Morgan fingerprint density at radius 1 is 1.15 bits per heavy atom. The van der Waals surface area contributed by atoms with Crippen molar-refractivity contribution in [2.75, 3.05) is 32.7 Å². The molecule has 2 N–H and O–H groups in total. The Kier molecular flexibility index (Phi) is 4.72. The predicted octanol–water partition coefficient (Wildman–Crippen LogP) is 1.77. The largest absolute Gasteiger partial charge is 0.338 e. The molecule has 26 heavy (non-hydrogen) atoms. The summed E-state index contributed by atoms with van der Waals surface area (Å²) >= 11 is 0. The first kappa shape index (κ1) is 17.1. The number of fused-ring (bicyclic) bond motifs is 1. The topological polar surface area (TPSA) is 73.4 Å². The molecule has 2 saturated heterocycles. The second-order valence-electron chi connectivity index (χ2n) is 7.31. The van der Waals surface area contributed by atoms with Crippen molar-refractivity contribution in [2.24, 2.45) is 0 Å². The molecule has 2 fully saturated rings. The van der Waals surface area contributed by atoms with Gasteiger partial charge in [-0.15, -0.1) is 0 Å². The Morgan fingerprint density at radius 2 is 1.88 bits per heavy atom. The number of carbonyl (C=O) groups excluding carboxylic acids is 1. The fraction of sp³-hybridized carbons (Fsp3) is 0.579. The van der Waals surface area contributed by atoms with Gasteiger partial charge in [0.05, 0.1) is 11.0 Å². The van der Waals surface area contributed by atoms with E-state index in [-0.39, 0.29) is 17.8 Å². The molecule has 1 atom stereocenters. The SMILES string of the molecule is CCNC(=O)N1CC[C@H](N2CCC(n3c(=O)[nH]c4ccccc43)CC2)C1. The number of likely N-dealkylation sites (tertiary alicyclic amines) is 2. The molecule has 0 spiro atoms. The number of hydrogen-bond acceptors (Lipinski definition) is 3. The van der Waals surface area contributed by atoms with E-state index in [2.05, 4.69) is 15.2 Å². The Balaban J connectivity index is 1.39. The third kappa shape index (κ3) is 3.11. The van der Waals surface area contributed by atoms with Crippen molar-refractivity contribution in [3.05, 3.63) is 34.7 Å². The number of amides is 2. The summed E-state index contributed by atoms with van der Waals surface area (Å²) in [5, 5.41) is 2.89. The molecule has 1 aromatic heterocycles. The number of benzene rings is 1. The number of nitrogens with zero attached hydrogens (tertiary/aromatic N) is 3. The number of carbonyl (C=O) groups is 1. The van der Waals surface area contributed by atoms with Crippen LogP contribution in [0.25, 0.3) is 11.0 Å². The summed E-state index contributed by atoms with van der Waals surface area (Å²) in [5.74, 6) is 0. The van der Waals surface area contributed by atoms with E-state index in [9.17, 15) is 9.59 Å². The zero-order valence-electron chi connectivity index (χ0n) is 15.3. The first-order chi connectivity index (χ1) is 12.7. The lowest BCUT2D eigenvalue weighted by atomic mass is 10.0. The lowest BCUT2D eigenvalue weighted by Gasteiger charge is -2.36. The van der Waals surface area contributed by atoms with E-state index in [4.69, 9.17) is 0 Å². The third-order valence-corrected chi connectivity index (χ3v) is 5.78. The Hall–Kier alpha value is -2.28. The van der Waals surface area contributed by atoms with Crippen molar-refractivity contribution in [3.63, 3.8) is 0 Å². The summed E-state index contributed by atoms with van der Waals surface area (Å²) in [6.45, 7) is 6.21. The monoisotopic (exact) mass is 357 g/mol. The maximum atomic E-state index is 12.4. The molecule has 0 aliphatic carbocycles. The molecule has 7 nitrogen and oxygen atoms in total. The smallest absolute Gasteiger partial charge is 0.326 e. The van der Waals surface area contributed by atoms with Crippen LogP contribution < -0.4 is 11.0 Å². The number of nitrogens with one attached hydrogen (secondary N) is 2. The number of hydrogen-bond donors (Lipinski definition) is 2. The van der Waals surface area contributed by atoms with Crippen LogP contribution in [0.2, 0.25) is 0 Å². The van der Waals surface area contributed by atoms with Gasteiger partial charge >= 0.3 is 11.7 Å². The van der Waals surface area contributed by atoms with Crippen LogP contribution in [-0.4, -0.2) is 64.1 Å². The van der Waals surface area contributed by atoms with Crippen LogP contribution in [0.3, 0.4) is 0 Å². The number of urea groups is 1. The van der Waals surface area contributed by atoms with Crippen molar-refractivity contribution >= 4 is 17.1 Å². The van der Waals surface area contributed by atoms with Crippen molar-refractivity contribution in [3.8, 4) is 0 Å². The summed E-state index contributed by atoms with van der Waals surface area (Å²) in [6, 6.07) is 8.64. The highest BCUT2D eigenvalue weighted by Gasteiger charge is 2.33. The lowest BCUT2D eigenvalue weighted by molar-refractivity contribution is 0.136. The standard InChI is InChI=1S/C19H27N5O2/c1-2-20-18(25)23-12-9-15(13-23)22-10-7-14(8-11-22)24-17-6-4-3-5-16(17)21-19(24)26/h3-6,14-15H,2,7-13H2,1H3,(H,20,25)(H,21,26)/t15-/m0/s1. The maximum Gasteiger partial charge on any atom is 0.326 e. The van der Waals surface area contributed by atoms with Gasteiger partial charge in [-0.3, -0.25) is 9.47 Å². The molecule has 2 aliphatic rings. The molecule has 0 bridgehead atoms. The van der Waals surface area contributed by atoms with Gasteiger partial charge in [0.2, 0.25) is 0 Å². The minimum absolute atomic E-state index is 0.00655. The van der Waals surface area contributed by atoms with Gasteiger partial charge < -0.3 is 15.2 Å². The molecular formula is C19H27N5O2. The quantitative estimate of drug-likeness (QED) is 0.879. The minimum Gasteiger partial charge on any atom is -0.338 e. The molecule has 7 heteroatoms. The van der Waals surface area contributed by atoms with Crippen LogP contribution in [0.15, 0.2) is 29.1 Å². The summed E-state index contributed by atoms with van der Waals surface area (Å²) in [6.07, 6.45) is 2.98. The molecule has 2 amide bonds. The molecule has 2 aliphatic heterocycles. The summed E-state index contributed by atoms with van der Waals surface area (Å²) < 4.78 is 1.93. The molecule has 140 valence electrons. The molecule has 4 rings (SSSR count). The van der Waals surface area contributed by atoms with E-state index in [0.717, 1.165) is 56.5 Å². The number of imidazole rings is 1. The van der Waals surface area contributed by atoms with Gasteiger partial charge in [-0.05, 0) is 38.3 Å². The summed E-state index contributed by atoms with van der Waals surface area (Å²) in [4.78, 5) is 31.8. The highest BCUT2D eigenvalue weighted by molar-refractivity contribution is 5.75. The van der Waals surface area contributed by atoms with E-state index in [0.29, 0.717) is 12.6 Å². The number of aromatic nitrogens is 2. The molecule has 0 saturated carbocycles. The molecule has 0 unspecified atom stereocenters. The number of para-hydroxylation sites is 2. The van der Waals surface area contributed by atoms with Gasteiger partial charge in [0.1, 0.15) is 0 Å². The number of piperidine rings is 1. The Morgan fingerprint density at radius 3 is 2.65 bits per heavy atom. The van der Waals surface area contributed by atoms with E-state index in [1.165, 1.54) is 0 Å². The number of rotatable bonds is 3. The van der Waals surface area contributed by atoms with Crippen molar-refractivity contribution < 1.29 is 4.79 Å². The highest BCUT2D eigenvalue weighted by atomic mass is 16.2. The maximum absolute atomic E-state index is 12.4. The predicted molar refractivity (Wildman–Crippen MR) is 101 cm³/mol.